The normalized spacial score (nSPS) is 10.8. The Bertz CT molecular complexity index is 546. The van der Waals surface area contributed by atoms with Gasteiger partial charge in [-0.15, -0.1) is 0 Å². The molecule has 1 N–H and O–H groups in total. The van der Waals surface area contributed by atoms with E-state index in [0.717, 1.165) is 11.3 Å². The van der Waals surface area contributed by atoms with E-state index in [1.807, 2.05) is 49.3 Å². The zero-order valence-corrected chi connectivity index (χ0v) is 9.97. The molecular weight excluding hydrogens is 214 g/mol. The van der Waals surface area contributed by atoms with E-state index in [1.165, 1.54) is 6.07 Å². The van der Waals surface area contributed by atoms with Crippen molar-refractivity contribution in [2.45, 2.75) is 6.54 Å². The molecule has 0 amide bonds. The van der Waals surface area contributed by atoms with Crippen molar-refractivity contribution in [2.24, 2.45) is 0 Å². The molecule has 2 rings (SSSR count). The monoisotopic (exact) mass is 229 g/mol. The standard InChI is InChI=1S/C13H15N3O/c1-16(2)9-11-8-12(17)15-13(14-11)10-6-4-3-5-7-10/h3-8H,9H2,1-2H3,(H,14,15,17). The van der Waals surface area contributed by atoms with Gasteiger partial charge in [0, 0.05) is 18.2 Å². The van der Waals surface area contributed by atoms with Gasteiger partial charge in [-0.3, -0.25) is 4.79 Å². The van der Waals surface area contributed by atoms with Crippen molar-refractivity contribution < 1.29 is 0 Å². The van der Waals surface area contributed by atoms with Crippen LogP contribution in [0, 0.1) is 0 Å². The second-order valence-corrected chi connectivity index (χ2v) is 4.19. The maximum Gasteiger partial charge on any atom is 0.251 e. The summed E-state index contributed by atoms with van der Waals surface area (Å²) < 4.78 is 0. The number of rotatable bonds is 3. The van der Waals surface area contributed by atoms with Crippen molar-refractivity contribution in [1.29, 1.82) is 0 Å². The number of nitrogens with one attached hydrogen (secondary N) is 1. The summed E-state index contributed by atoms with van der Waals surface area (Å²) in [4.78, 5) is 20.7. The highest BCUT2D eigenvalue weighted by Crippen LogP contribution is 2.12. The molecule has 1 heterocycles. The molecule has 1 aromatic carbocycles. The van der Waals surface area contributed by atoms with Crippen LogP contribution in [0.3, 0.4) is 0 Å². The van der Waals surface area contributed by atoms with Gasteiger partial charge in [-0.2, -0.15) is 0 Å². The van der Waals surface area contributed by atoms with E-state index in [0.29, 0.717) is 12.4 Å². The summed E-state index contributed by atoms with van der Waals surface area (Å²) in [7, 11) is 3.90. The quantitative estimate of drug-likeness (QED) is 0.867. The summed E-state index contributed by atoms with van der Waals surface area (Å²) in [6.45, 7) is 0.657. The van der Waals surface area contributed by atoms with Crippen LogP contribution in [0.2, 0.25) is 0 Å². The number of hydrogen-bond donors (Lipinski definition) is 1. The Morgan fingerprint density at radius 1 is 1.24 bits per heavy atom. The molecule has 17 heavy (non-hydrogen) atoms. The van der Waals surface area contributed by atoms with Crippen molar-refractivity contribution in [3.8, 4) is 11.4 Å². The average molecular weight is 229 g/mol. The molecule has 0 radical (unpaired) electrons. The van der Waals surface area contributed by atoms with Gasteiger partial charge in [0.25, 0.3) is 5.56 Å². The van der Waals surface area contributed by atoms with Crippen molar-refractivity contribution >= 4 is 0 Å². The predicted molar refractivity (Wildman–Crippen MR) is 67.7 cm³/mol. The van der Waals surface area contributed by atoms with Crippen molar-refractivity contribution in [3.63, 3.8) is 0 Å². The number of H-pyrrole nitrogens is 1. The van der Waals surface area contributed by atoms with Gasteiger partial charge in [0.15, 0.2) is 0 Å². The van der Waals surface area contributed by atoms with E-state index in [4.69, 9.17) is 0 Å². The predicted octanol–water partition coefficient (Wildman–Crippen LogP) is 1.50. The fourth-order valence-electron chi connectivity index (χ4n) is 1.65. The van der Waals surface area contributed by atoms with Crippen LogP contribution in [-0.2, 0) is 6.54 Å². The number of aromatic amines is 1. The lowest BCUT2D eigenvalue weighted by Crippen LogP contribution is -2.16. The van der Waals surface area contributed by atoms with Crippen LogP contribution in [0.4, 0.5) is 0 Å². The van der Waals surface area contributed by atoms with Gasteiger partial charge in [0.1, 0.15) is 5.82 Å². The van der Waals surface area contributed by atoms with Crippen LogP contribution in [0.1, 0.15) is 5.69 Å². The van der Waals surface area contributed by atoms with Gasteiger partial charge < -0.3 is 9.88 Å². The van der Waals surface area contributed by atoms with Crippen LogP contribution >= 0.6 is 0 Å². The molecule has 0 unspecified atom stereocenters. The highest BCUT2D eigenvalue weighted by Gasteiger charge is 2.04. The maximum atomic E-state index is 11.6. The minimum absolute atomic E-state index is 0.115. The van der Waals surface area contributed by atoms with Gasteiger partial charge in [-0.05, 0) is 14.1 Å². The van der Waals surface area contributed by atoms with E-state index in [-0.39, 0.29) is 5.56 Å². The molecule has 1 aromatic heterocycles. The van der Waals surface area contributed by atoms with E-state index >= 15 is 0 Å². The lowest BCUT2D eigenvalue weighted by Gasteiger charge is -2.09. The van der Waals surface area contributed by atoms with Crippen LogP contribution in [0.5, 0.6) is 0 Å². The number of benzene rings is 1. The Morgan fingerprint density at radius 2 is 1.94 bits per heavy atom. The van der Waals surface area contributed by atoms with E-state index in [9.17, 15) is 4.79 Å². The van der Waals surface area contributed by atoms with Gasteiger partial charge in [-0.25, -0.2) is 4.98 Å². The Balaban J connectivity index is 2.42. The molecule has 0 atom stereocenters. The molecule has 0 aliphatic rings. The van der Waals surface area contributed by atoms with Gasteiger partial charge >= 0.3 is 0 Å². The highest BCUT2D eigenvalue weighted by molar-refractivity contribution is 5.54. The zero-order valence-electron chi connectivity index (χ0n) is 9.97. The lowest BCUT2D eigenvalue weighted by molar-refractivity contribution is 0.396. The van der Waals surface area contributed by atoms with Crippen molar-refractivity contribution in [1.82, 2.24) is 14.9 Å². The minimum atomic E-state index is -0.115. The first-order valence-corrected chi connectivity index (χ1v) is 5.45. The summed E-state index contributed by atoms with van der Waals surface area (Å²) in [5.74, 6) is 0.620. The maximum absolute atomic E-state index is 11.6. The van der Waals surface area contributed by atoms with Gasteiger partial charge in [-0.1, -0.05) is 30.3 Å². The zero-order chi connectivity index (χ0) is 12.3. The SMILES string of the molecule is CN(C)Cc1cc(=O)[nH]c(-c2ccccc2)n1. The van der Waals surface area contributed by atoms with Crippen LogP contribution < -0.4 is 5.56 Å². The second kappa shape index (κ2) is 4.93. The molecule has 0 aliphatic heterocycles. The minimum Gasteiger partial charge on any atom is -0.307 e. The van der Waals surface area contributed by atoms with Crippen LogP contribution in [-0.4, -0.2) is 29.0 Å². The van der Waals surface area contributed by atoms with Crippen LogP contribution in [0.15, 0.2) is 41.2 Å². The third-order valence-electron chi connectivity index (χ3n) is 2.32. The Labute approximate surface area is 99.9 Å². The molecule has 0 bridgehead atoms. The lowest BCUT2D eigenvalue weighted by atomic mass is 10.2. The molecule has 2 aromatic rings. The van der Waals surface area contributed by atoms with Crippen LogP contribution in [0.25, 0.3) is 11.4 Å². The molecule has 4 heteroatoms. The molecule has 4 nitrogen and oxygen atoms in total. The smallest absolute Gasteiger partial charge is 0.251 e. The van der Waals surface area contributed by atoms with Crippen molar-refractivity contribution in [3.05, 3.63) is 52.4 Å². The molecule has 88 valence electrons. The molecule has 0 aliphatic carbocycles. The van der Waals surface area contributed by atoms with E-state index in [2.05, 4.69) is 9.97 Å². The third kappa shape index (κ3) is 3.01. The number of aromatic nitrogens is 2. The van der Waals surface area contributed by atoms with Gasteiger partial charge in [0.2, 0.25) is 0 Å². The molecule has 0 fully saturated rings. The summed E-state index contributed by atoms with van der Waals surface area (Å²) in [6, 6.07) is 11.2. The fourth-order valence-corrected chi connectivity index (χ4v) is 1.65. The summed E-state index contributed by atoms with van der Waals surface area (Å²) in [6.07, 6.45) is 0. The topological polar surface area (TPSA) is 49.0 Å². The molecule has 0 saturated heterocycles. The largest absolute Gasteiger partial charge is 0.307 e. The highest BCUT2D eigenvalue weighted by atomic mass is 16.1. The second-order valence-electron chi connectivity index (χ2n) is 4.19. The Morgan fingerprint density at radius 3 is 2.59 bits per heavy atom. The summed E-state index contributed by atoms with van der Waals surface area (Å²) in [5, 5.41) is 0. The third-order valence-corrected chi connectivity index (χ3v) is 2.32. The molecular formula is C13H15N3O. The first-order chi connectivity index (χ1) is 8.15. The van der Waals surface area contributed by atoms with Crippen molar-refractivity contribution in [2.75, 3.05) is 14.1 Å². The molecule has 0 saturated carbocycles. The van der Waals surface area contributed by atoms with E-state index < -0.39 is 0 Å². The Hall–Kier alpha value is -1.94. The number of nitrogens with zero attached hydrogens (tertiary/aromatic N) is 2. The number of hydrogen-bond acceptors (Lipinski definition) is 3. The average Bonchev–Trinajstić information content (AvgIpc) is 2.28. The van der Waals surface area contributed by atoms with E-state index in [1.54, 1.807) is 0 Å². The fraction of sp³-hybridized carbons (Fsp3) is 0.231. The summed E-state index contributed by atoms with van der Waals surface area (Å²) in [5.41, 5.74) is 1.58. The summed E-state index contributed by atoms with van der Waals surface area (Å²) >= 11 is 0. The Kier molecular flexibility index (Phi) is 3.35. The first-order valence-electron chi connectivity index (χ1n) is 5.45. The van der Waals surface area contributed by atoms with Gasteiger partial charge in [0.05, 0.1) is 5.69 Å². The first kappa shape index (κ1) is 11.5. The molecule has 0 spiro atoms.